The molecule has 0 amide bonds. The molecule has 0 aliphatic heterocycles. The molecule has 0 atom stereocenters. The van der Waals surface area contributed by atoms with Gasteiger partial charge in [0.2, 0.25) is 0 Å². The average Bonchev–Trinajstić information content (AvgIpc) is 2.91. The van der Waals surface area contributed by atoms with E-state index in [0.717, 1.165) is 19.8 Å². The summed E-state index contributed by atoms with van der Waals surface area (Å²) in [5.74, 6) is 0. The minimum Gasteiger partial charge on any atom is -0.327 e. The normalized spacial score (nSPS) is 12.0. The lowest BCUT2D eigenvalue weighted by molar-refractivity contribution is 0.250. The molecule has 1 heterocycles. The number of para-hydroxylation sites is 1. The van der Waals surface area contributed by atoms with Crippen LogP contribution in [0.1, 0.15) is 13.8 Å². The van der Waals surface area contributed by atoms with Crippen LogP contribution < -0.4 is 0 Å². The molecule has 0 saturated heterocycles. The molecular weight excluding hydrogens is 280 g/mol. The molecule has 2 heteroatoms. The van der Waals surface area contributed by atoms with Crippen LogP contribution in [0.3, 0.4) is 0 Å². The molecule has 0 spiro atoms. The van der Waals surface area contributed by atoms with Crippen molar-refractivity contribution >= 4 is 32.6 Å². The molecule has 4 aromatic rings. The van der Waals surface area contributed by atoms with Gasteiger partial charge >= 0.3 is 0 Å². The van der Waals surface area contributed by atoms with E-state index in [2.05, 4.69) is 84.0 Å². The van der Waals surface area contributed by atoms with E-state index in [1.807, 2.05) is 0 Å². The summed E-state index contributed by atoms with van der Waals surface area (Å²) in [5.41, 5.74) is 2.65. The van der Waals surface area contributed by atoms with Crippen molar-refractivity contribution in [2.24, 2.45) is 0 Å². The molecule has 0 bridgehead atoms. The summed E-state index contributed by atoms with van der Waals surface area (Å²) in [6.45, 7) is 7.53. The van der Waals surface area contributed by atoms with Crippen molar-refractivity contribution in [2.45, 2.75) is 20.5 Å². The minimum atomic E-state index is 0.940. The van der Waals surface area contributed by atoms with E-state index in [0.29, 0.717) is 0 Å². The molecular formula is C21H22N2. The second-order valence-electron chi connectivity index (χ2n) is 6.11. The number of hydrogen-bond acceptors (Lipinski definition) is 1. The van der Waals surface area contributed by atoms with Gasteiger partial charge in [-0.15, -0.1) is 0 Å². The Labute approximate surface area is 136 Å². The van der Waals surface area contributed by atoms with Crippen molar-refractivity contribution in [2.75, 3.05) is 13.1 Å². The van der Waals surface area contributed by atoms with Crippen LogP contribution in [0.15, 0.2) is 60.7 Å². The molecule has 3 aromatic carbocycles. The molecule has 0 radical (unpaired) electrons. The van der Waals surface area contributed by atoms with Gasteiger partial charge in [0.05, 0.1) is 17.7 Å². The molecule has 2 nitrogen and oxygen atoms in total. The van der Waals surface area contributed by atoms with Gasteiger partial charge in [-0.2, -0.15) is 0 Å². The van der Waals surface area contributed by atoms with Crippen LogP contribution in [-0.2, 0) is 6.67 Å². The summed E-state index contributed by atoms with van der Waals surface area (Å²) in [6.07, 6.45) is 0. The Kier molecular flexibility index (Phi) is 3.55. The maximum atomic E-state index is 2.46. The first kappa shape index (κ1) is 14.3. The third-order valence-corrected chi connectivity index (χ3v) is 4.88. The summed E-state index contributed by atoms with van der Waals surface area (Å²) in [6, 6.07) is 22.1. The zero-order valence-corrected chi connectivity index (χ0v) is 13.8. The summed E-state index contributed by atoms with van der Waals surface area (Å²) < 4.78 is 2.46. The molecule has 0 saturated carbocycles. The van der Waals surface area contributed by atoms with Crippen LogP contribution in [0, 0.1) is 0 Å². The van der Waals surface area contributed by atoms with Crippen molar-refractivity contribution in [3.05, 3.63) is 60.7 Å². The summed E-state index contributed by atoms with van der Waals surface area (Å²) >= 11 is 0. The molecule has 1 aromatic heterocycles. The van der Waals surface area contributed by atoms with E-state index in [1.165, 1.54) is 32.6 Å². The lowest BCUT2D eigenvalue weighted by Crippen LogP contribution is -2.25. The Balaban J connectivity index is 2.06. The highest BCUT2D eigenvalue weighted by Gasteiger charge is 2.12. The van der Waals surface area contributed by atoms with Gasteiger partial charge in [-0.25, -0.2) is 0 Å². The average molecular weight is 302 g/mol. The minimum absolute atomic E-state index is 0.940. The Bertz CT molecular complexity index is 977. The number of hydrogen-bond donors (Lipinski definition) is 0. The Morgan fingerprint density at radius 3 is 2.13 bits per heavy atom. The number of aromatic nitrogens is 1. The van der Waals surface area contributed by atoms with E-state index in [4.69, 9.17) is 0 Å². The molecule has 0 fully saturated rings. The third kappa shape index (κ3) is 2.30. The first-order valence-electron chi connectivity index (χ1n) is 8.44. The molecule has 0 unspecified atom stereocenters. The van der Waals surface area contributed by atoms with Gasteiger partial charge in [0.15, 0.2) is 0 Å². The second-order valence-corrected chi connectivity index (χ2v) is 6.11. The molecule has 0 aliphatic rings. The molecule has 23 heavy (non-hydrogen) atoms. The Morgan fingerprint density at radius 2 is 1.39 bits per heavy atom. The third-order valence-electron chi connectivity index (χ3n) is 4.88. The predicted octanol–water partition coefficient (Wildman–Crippen LogP) is 5.25. The van der Waals surface area contributed by atoms with Gasteiger partial charge in [0.25, 0.3) is 0 Å². The van der Waals surface area contributed by atoms with Gasteiger partial charge in [-0.1, -0.05) is 56.3 Å². The van der Waals surface area contributed by atoms with Crippen molar-refractivity contribution in [3.63, 3.8) is 0 Å². The first-order valence-corrected chi connectivity index (χ1v) is 8.44. The first-order chi connectivity index (χ1) is 11.3. The van der Waals surface area contributed by atoms with Crippen molar-refractivity contribution in [1.82, 2.24) is 9.47 Å². The largest absolute Gasteiger partial charge is 0.327 e. The van der Waals surface area contributed by atoms with Gasteiger partial charge < -0.3 is 4.57 Å². The number of fused-ring (bicyclic) bond motifs is 4. The van der Waals surface area contributed by atoms with E-state index in [9.17, 15) is 0 Å². The van der Waals surface area contributed by atoms with Gasteiger partial charge in [0, 0.05) is 10.8 Å². The molecule has 0 N–H and O–H groups in total. The smallest absolute Gasteiger partial charge is 0.0757 e. The topological polar surface area (TPSA) is 8.17 Å². The Morgan fingerprint density at radius 1 is 0.739 bits per heavy atom. The van der Waals surface area contributed by atoms with E-state index in [-0.39, 0.29) is 0 Å². The Hall–Kier alpha value is -2.32. The van der Waals surface area contributed by atoms with E-state index in [1.54, 1.807) is 0 Å². The van der Waals surface area contributed by atoms with Crippen LogP contribution in [0.2, 0.25) is 0 Å². The van der Waals surface area contributed by atoms with E-state index >= 15 is 0 Å². The van der Waals surface area contributed by atoms with Gasteiger partial charge in [0.1, 0.15) is 0 Å². The quantitative estimate of drug-likeness (QED) is 0.500. The number of rotatable bonds is 4. The molecule has 0 aliphatic carbocycles. The van der Waals surface area contributed by atoms with Crippen molar-refractivity contribution in [1.29, 1.82) is 0 Å². The maximum absolute atomic E-state index is 2.46. The number of nitrogens with zero attached hydrogens (tertiary/aromatic N) is 2. The van der Waals surface area contributed by atoms with Crippen LogP contribution in [0.5, 0.6) is 0 Å². The fourth-order valence-corrected chi connectivity index (χ4v) is 3.51. The fraction of sp³-hybridized carbons (Fsp3) is 0.238. The highest BCUT2D eigenvalue weighted by atomic mass is 15.2. The lowest BCUT2D eigenvalue weighted by atomic mass is 10.1. The summed E-state index contributed by atoms with van der Waals surface area (Å²) in [5, 5.41) is 5.32. The lowest BCUT2D eigenvalue weighted by Gasteiger charge is -2.20. The number of benzene rings is 3. The standard InChI is InChI=1S/C21H22N2/c1-3-22(4-2)15-23-20-12-8-7-11-18(20)19-13-16-9-5-6-10-17(16)14-21(19)23/h5-14H,3-4,15H2,1-2H3. The van der Waals surface area contributed by atoms with Gasteiger partial charge in [-0.05, 0) is 42.1 Å². The summed E-state index contributed by atoms with van der Waals surface area (Å²) in [4.78, 5) is 2.46. The maximum Gasteiger partial charge on any atom is 0.0757 e. The van der Waals surface area contributed by atoms with E-state index < -0.39 is 0 Å². The molecule has 116 valence electrons. The predicted molar refractivity (Wildman–Crippen MR) is 99.9 cm³/mol. The fourth-order valence-electron chi connectivity index (χ4n) is 3.51. The molecule has 4 rings (SSSR count). The second kappa shape index (κ2) is 5.71. The van der Waals surface area contributed by atoms with Crippen LogP contribution in [0.4, 0.5) is 0 Å². The highest BCUT2D eigenvalue weighted by molar-refractivity contribution is 6.12. The van der Waals surface area contributed by atoms with Crippen LogP contribution in [0.25, 0.3) is 32.6 Å². The van der Waals surface area contributed by atoms with Gasteiger partial charge in [-0.3, -0.25) is 4.90 Å². The van der Waals surface area contributed by atoms with Crippen LogP contribution in [-0.4, -0.2) is 22.6 Å². The SMILES string of the molecule is CCN(CC)Cn1c2ccccc2c2cc3ccccc3cc21. The van der Waals surface area contributed by atoms with Crippen LogP contribution >= 0.6 is 0 Å². The monoisotopic (exact) mass is 302 g/mol. The highest BCUT2D eigenvalue weighted by Crippen LogP contribution is 2.32. The van der Waals surface area contributed by atoms with Crippen molar-refractivity contribution in [3.8, 4) is 0 Å². The zero-order chi connectivity index (χ0) is 15.8. The van der Waals surface area contributed by atoms with Crippen molar-refractivity contribution < 1.29 is 0 Å². The zero-order valence-electron chi connectivity index (χ0n) is 13.8. The summed E-state index contributed by atoms with van der Waals surface area (Å²) in [7, 11) is 0.